The van der Waals surface area contributed by atoms with Crippen molar-refractivity contribution in [1.29, 1.82) is 0 Å². The minimum Gasteiger partial charge on any atom is -0.501 e. The number of Topliss-reactive ketones (excluding diaryl/α,β-unsaturated/α-hetero) is 1. The maximum absolute atomic E-state index is 11.9. The second kappa shape index (κ2) is 7.08. The summed E-state index contributed by atoms with van der Waals surface area (Å²) in [6.07, 6.45) is 8.64. The first-order valence-electron chi connectivity index (χ1n) is 8.78. The molecule has 1 heterocycles. The monoisotopic (exact) mass is 357 g/mol. The normalized spacial score (nSPS) is 13.9. The smallest absolute Gasteiger partial charge is 0.227 e. The highest BCUT2D eigenvalue weighted by atomic mass is 16.5. The molecule has 134 valence electrons. The molecule has 1 aromatic heterocycles. The number of ether oxygens (including phenoxy) is 1. The minimum atomic E-state index is 0.0409. The van der Waals surface area contributed by atoms with Crippen LogP contribution in [0.1, 0.15) is 29.6 Å². The Bertz CT molecular complexity index is 1120. The van der Waals surface area contributed by atoms with Gasteiger partial charge in [0.25, 0.3) is 0 Å². The van der Waals surface area contributed by atoms with Gasteiger partial charge < -0.3 is 9.15 Å². The second-order valence-corrected chi connectivity index (χ2v) is 6.37. The van der Waals surface area contributed by atoms with Gasteiger partial charge >= 0.3 is 0 Å². The predicted octanol–water partition coefficient (Wildman–Crippen LogP) is 5.57. The Morgan fingerprint density at radius 1 is 1.19 bits per heavy atom. The highest BCUT2D eigenvalue weighted by Crippen LogP contribution is 2.30. The third-order valence-corrected chi connectivity index (χ3v) is 4.56. The number of fused-ring (bicyclic) bond motifs is 1. The van der Waals surface area contributed by atoms with E-state index in [1.54, 1.807) is 14.0 Å². The van der Waals surface area contributed by atoms with Gasteiger partial charge in [-0.1, -0.05) is 42.5 Å². The number of hydrogen-bond acceptors (Lipinski definition) is 4. The Balaban J connectivity index is 1.79. The van der Waals surface area contributed by atoms with Crippen LogP contribution in [0.3, 0.4) is 0 Å². The van der Waals surface area contributed by atoms with Crippen molar-refractivity contribution in [1.82, 2.24) is 4.98 Å². The second-order valence-electron chi connectivity index (χ2n) is 6.37. The van der Waals surface area contributed by atoms with E-state index in [4.69, 9.17) is 9.15 Å². The largest absolute Gasteiger partial charge is 0.501 e. The van der Waals surface area contributed by atoms with Crippen molar-refractivity contribution in [3.05, 3.63) is 84.0 Å². The maximum Gasteiger partial charge on any atom is 0.227 e. The first kappa shape index (κ1) is 17.0. The summed E-state index contributed by atoms with van der Waals surface area (Å²) in [5.74, 6) is 1.44. The van der Waals surface area contributed by atoms with Gasteiger partial charge in [-0.15, -0.1) is 0 Å². The van der Waals surface area contributed by atoms with E-state index in [-0.39, 0.29) is 5.78 Å². The zero-order valence-electron chi connectivity index (χ0n) is 15.2. The molecular formula is C23H19NO3. The molecule has 4 nitrogen and oxygen atoms in total. The molecule has 27 heavy (non-hydrogen) atoms. The van der Waals surface area contributed by atoms with Gasteiger partial charge in [-0.2, -0.15) is 0 Å². The fourth-order valence-corrected chi connectivity index (χ4v) is 3.17. The van der Waals surface area contributed by atoms with Crippen LogP contribution in [0.2, 0.25) is 0 Å². The Kier molecular flexibility index (Phi) is 4.47. The number of ketones is 1. The average molecular weight is 357 g/mol. The summed E-state index contributed by atoms with van der Waals surface area (Å²) in [5, 5.41) is 0. The lowest BCUT2D eigenvalue weighted by Crippen LogP contribution is -1.95. The van der Waals surface area contributed by atoms with Crippen LogP contribution >= 0.6 is 0 Å². The highest BCUT2D eigenvalue weighted by molar-refractivity contribution is 6.01. The summed E-state index contributed by atoms with van der Waals surface area (Å²) in [6.45, 7) is 1.58. The number of methoxy groups -OCH3 is 1. The van der Waals surface area contributed by atoms with Crippen LogP contribution in [-0.2, 0) is 4.74 Å². The molecule has 4 heteroatoms. The molecule has 0 saturated heterocycles. The SMILES string of the molecule is COC1=CC(c2nc3cc(-c4ccccc4C(C)=O)ccc3o2)=CC=CC1. The number of benzene rings is 2. The first-order chi connectivity index (χ1) is 13.2. The summed E-state index contributed by atoms with van der Waals surface area (Å²) in [6, 6.07) is 13.4. The number of hydrogen-bond donors (Lipinski definition) is 0. The number of aromatic nitrogens is 1. The van der Waals surface area contributed by atoms with Gasteiger partial charge in [0.2, 0.25) is 5.89 Å². The Hall–Kier alpha value is -3.40. The van der Waals surface area contributed by atoms with E-state index in [2.05, 4.69) is 4.98 Å². The van der Waals surface area contributed by atoms with Crippen molar-refractivity contribution in [2.45, 2.75) is 13.3 Å². The Labute approximate surface area is 157 Å². The third kappa shape index (κ3) is 3.34. The van der Waals surface area contributed by atoms with E-state index in [0.29, 0.717) is 17.0 Å². The van der Waals surface area contributed by atoms with Gasteiger partial charge in [-0.3, -0.25) is 4.79 Å². The van der Waals surface area contributed by atoms with Gasteiger partial charge in [0.1, 0.15) is 11.3 Å². The van der Waals surface area contributed by atoms with Gasteiger partial charge in [0.15, 0.2) is 11.4 Å². The molecule has 0 bridgehead atoms. The van der Waals surface area contributed by atoms with Crippen molar-refractivity contribution in [2.24, 2.45) is 0 Å². The lowest BCUT2D eigenvalue weighted by Gasteiger charge is -2.06. The van der Waals surface area contributed by atoms with E-state index in [1.807, 2.05) is 66.8 Å². The lowest BCUT2D eigenvalue weighted by atomic mass is 9.97. The number of nitrogens with zero attached hydrogens (tertiary/aromatic N) is 1. The van der Waals surface area contributed by atoms with Crippen LogP contribution in [0, 0.1) is 0 Å². The molecule has 0 spiro atoms. The van der Waals surface area contributed by atoms with Crippen LogP contribution in [0.4, 0.5) is 0 Å². The van der Waals surface area contributed by atoms with E-state index < -0.39 is 0 Å². The molecule has 2 aromatic carbocycles. The molecule has 0 N–H and O–H groups in total. The summed E-state index contributed by atoms with van der Waals surface area (Å²) in [4.78, 5) is 16.6. The van der Waals surface area contributed by atoms with E-state index >= 15 is 0 Å². The van der Waals surface area contributed by atoms with Crippen molar-refractivity contribution < 1.29 is 13.9 Å². The average Bonchev–Trinajstić information content (AvgIpc) is 2.96. The quantitative estimate of drug-likeness (QED) is 0.573. The predicted molar refractivity (Wildman–Crippen MR) is 106 cm³/mol. The fourth-order valence-electron chi connectivity index (χ4n) is 3.17. The summed E-state index contributed by atoms with van der Waals surface area (Å²) < 4.78 is 11.3. The molecule has 3 aromatic rings. The standard InChI is InChI=1S/C23H19NO3/c1-15(25)19-9-5-6-10-20(19)16-11-12-22-21(14-16)24-23(27-22)17-7-3-4-8-18(13-17)26-2/h3-7,9-14H,8H2,1-2H3. The fraction of sp³-hybridized carbons (Fsp3) is 0.130. The topological polar surface area (TPSA) is 52.3 Å². The molecule has 4 rings (SSSR count). The van der Waals surface area contributed by atoms with Gasteiger partial charge in [0.05, 0.1) is 7.11 Å². The highest BCUT2D eigenvalue weighted by Gasteiger charge is 2.14. The zero-order valence-corrected chi connectivity index (χ0v) is 15.2. The van der Waals surface area contributed by atoms with Crippen LogP contribution in [0.15, 0.2) is 76.9 Å². The molecule has 0 radical (unpaired) electrons. The number of rotatable bonds is 4. The van der Waals surface area contributed by atoms with Crippen LogP contribution in [0.5, 0.6) is 0 Å². The minimum absolute atomic E-state index is 0.0409. The van der Waals surface area contributed by atoms with E-state index in [9.17, 15) is 4.79 Å². The lowest BCUT2D eigenvalue weighted by molar-refractivity contribution is 0.101. The zero-order chi connectivity index (χ0) is 18.8. The molecule has 0 fully saturated rings. The van der Waals surface area contributed by atoms with Gasteiger partial charge in [-0.25, -0.2) is 4.98 Å². The molecule has 0 unspecified atom stereocenters. The summed E-state index contributed by atoms with van der Waals surface area (Å²) in [7, 11) is 1.66. The number of allylic oxidation sites excluding steroid dienone is 5. The molecule has 1 aliphatic carbocycles. The third-order valence-electron chi connectivity index (χ3n) is 4.56. The van der Waals surface area contributed by atoms with Crippen LogP contribution in [-0.4, -0.2) is 17.9 Å². The number of carbonyl (C=O) groups is 1. The molecule has 0 aliphatic heterocycles. The molecule has 0 atom stereocenters. The van der Waals surface area contributed by atoms with Gasteiger partial charge in [0, 0.05) is 17.6 Å². The van der Waals surface area contributed by atoms with Crippen molar-refractivity contribution in [3.63, 3.8) is 0 Å². The molecule has 0 amide bonds. The van der Waals surface area contributed by atoms with Crippen molar-refractivity contribution in [3.8, 4) is 11.1 Å². The van der Waals surface area contributed by atoms with Crippen LogP contribution < -0.4 is 0 Å². The number of oxazole rings is 1. The van der Waals surface area contributed by atoms with Gasteiger partial charge in [-0.05, 0) is 42.3 Å². The molecule has 1 aliphatic rings. The van der Waals surface area contributed by atoms with E-state index in [1.165, 1.54) is 0 Å². The number of carbonyl (C=O) groups excluding carboxylic acids is 1. The molecular weight excluding hydrogens is 338 g/mol. The first-order valence-corrected chi connectivity index (χ1v) is 8.78. The maximum atomic E-state index is 11.9. The summed E-state index contributed by atoms with van der Waals surface area (Å²) in [5.41, 5.74) is 4.86. The summed E-state index contributed by atoms with van der Waals surface area (Å²) >= 11 is 0. The Morgan fingerprint density at radius 2 is 2.04 bits per heavy atom. The van der Waals surface area contributed by atoms with Crippen LogP contribution in [0.25, 0.3) is 27.8 Å². The molecule has 0 saturated carbocycles. The van der Waals surface area contributed by atoms with Crippen molar-refractivity contribution >= 4 is 22.5 Å². The van der Waals surface area contributed by atoms with E-state index in [0.717, 1.165) is 34.4 Å². The van der Waals surface area contributed by atoms with Crippen molar-refractivity contribution in [2.75, 3.05) is 7.11 Å². The Morgan fingerprint density at radius 3 is 2.85 bits per heavy atom.